The lowest BCUT2D eigenvalue weighted by molar-refractivity contribution is 0.0447. The molecule has 0 bridgehead atoms. The summed E-state index contributed by atoms with van der Waals surface area (Å²) in [5.41, 5.74) is 0.254. The first-order valence-corrected chi connectivity index (χ1v) is 8.22. The van der Waals surface area contributed by atoms with Gasteiger partial charge in [0.25, 0.3) is 0 Å². The van der Waals surface area contributed by atoms with E-state index in [-0.39, 0.29) is 6.04 Å². The van der Waals surface area contributed by atoms with Crippen molar-refractivity contribution in [1.29, 1.82) is 0 Å². The summed E-state index contributed by atoms with van der Waals surface area (Å²) >= 11 is 0. The number of ether oxygens (including phenoxy) is 1. The molecule has 1 fully saturated rings. The fourth-order valence-corrected chi connectivity index (χ4v) is 3.19. The number of hydrogen-bond acceptors (Lipinski definition) is 4. The molecule has 2 N–H and O–H groups in total. The van der Waals surface area contributed by atoms with Crippen LogP contribution >= 0.6 is 0 Å². The van der Waals surface area contributed by atoms with E-state index in [1.54, 1.807) is 0 Å². The van der Waals surface area contributed by atoms with Gasteiger partial charge in [-0.2, -0.15) is 0 Å². The highest BCUT2D eigenvalue weighted by Crippen LogP contribution is 2.32. The van der Waals surface area contributed by atoms with Crippen LogP contribution in [-0.4, -0.2) is 23.9 Å². The van der Waals surface area contributed by atoms with Gasteiger partial charge in [0.2, 0.25) is 0 Å². The number of furan rings is 1. The largest absolute Gasteiger partial charge is 0.490 e. The second kappa shape index (κ2) is 6.31. The van der Waals surface area contributed by atoms with E-state index in [1.165, 1.54) is 0 Å². The molecule has 1 aliphatic rings. The molecular weight excluding hydrogens is 278 g/mol. The second-order valence-electron chi connectivity index (χ2n) is 6.29. The second-order valence-corrected chi connectivity index (χ2v) is 6.29. The first kappa shape index (κ1) is 15.4. The summed E-state index contributed by atoms with van der Waals surface area (Å²) in [5.74, 6) is 1.66. The molecule has 1 aliphatic carbocycles. The Labute approximate surface area is 131 Å². The van der Waals surface area contributed by atoms with Crippen LogP contribution in [0.25, 0.3) is 11.0 Å². The average molecular weight is 303 g/mol. The maximum Gasteiger partial charge on any atom is 0.176 e. The van der Waals surface area contributed by atoms with Gasteiger partial charge in [-0.15, -0.1) is 0 Å². The van der Waals surface area contributed by atoms with Crippen molar-refractivity contribution >= 4 is 11.0 Å². The van der Waals surface area contributed by atoms with Gasteiger partial charge in [-0.1, -0.05) is 25.0 Å². The molecule has 3 rings (SSSR count). The zero-order chi connectivity index (χ0) is 15.6. The molecule has 120 valence electrons. The molecular formula is C18H25NO3. The number of benzene rings is 1. The third-order valence-corrected chi connectivity index (χ3v) is 4.53. The maximum atomic E-state index is 10.4. The molecule has 0 radical (unpaired) electrons. The highest BCUT2D eigenvalue weighted by molar-refractivity contribution is 5.83. The summed E-state index contributed by atoms with van der Waals surface area (Å²) in [5, 5.41) is 14.9. The van der Waals surface area contributed by atoms with Crippen LogP contribution in [0.1, 0.15) is 51.3 Å². The van der Waals surface area contributed by atoms with Crippen LogP contribution in [0.4, 0.5) is 0 Å². The number of fused-ring (bicyclic) bond motifs is 1. The molecule has 0 saturated heterocycles. The molecule has 4 heteroatoms. The fraction of sp³-hybridized carbons (Fsp3) is 0.556. The lowest BCUT2D eigenvalue weighted by Gasteiger charge is -2.24. The molecule has 0 spiro atoms. The zero-order valence-electron chi connectivity index (χ0n) is 13.4. The van der Waals surface area contributed by atoms with E-state index < -0.39 is 5.60 Å². The number of aliphatic hydroxyl groups is 1. The number of rotatable bonds is 6. The van der Waals surface area contributed by atoms with E-state index in [1.807, 2.05) is 31.2 Å². The molecule has 1 unspecified atom stereocenters. The van der Waals surface area contributed by atoms with Crippen LogP contribution in [0.15, 0.2) is 28.7 Å². The summed E-state index contributed by atoms with van der Waals surface area (Å²) in [6.45, 7) is 5.27. The Morgan fingerprint density at radius 1 is 1.36 bits per heavy atom. The summed E-state index contributed by atoms with van der Waals surface area (Å²) in [7, 11) is 0. The number of para-hydroxylation sites is 1. The van der Waals surface area contributed by atoms with Gasteiger partial charge in [0, 0.05) is 11.9 Å². The molecule has 1 aromatic heterocycles. The predicted octanol–water partition coefficient (Wildman–Crippen LogP) is 3.79. The van der Waals surface area contributed by atoms with Gasteiger partial charge in [-0.3, -0.25) is 0 Å². The Bertz CT molecular complexity index is 628. The minimum atomic E-state index is -0.545. The molecule has 22 heavy (non-hydrogen) atoms. The van der Waals surface area contributed by atoms with E-state index in [9.17, 15) is 5.11 Å². The maximum absolute atomic E-state index is 10.4. The van der Waals surface area contributed by atoms with Crippen LogP contribution in [-0.2, 0) is 0 Å². The van der Waals surface area contributed by atoms with Crippen molar-refractivity contribution in [2.45, 2.75) is 51.2 Å². The average Bonchev–Trinajstić information content (AvgIpc) is 3.13. The molecule has 2 aromatic rings. The normalized spacial score (nSPS) is 18.7. The van der Waals surface area contributed by atoms with Crippen molar-refractivity contribution in [1.82, 2.24) is 5.32 Å². The van der Waals surface area contributed by atoms with E-state index in [0.717, 1.165) is 48.2 Å². The zero-order valence-corrected chi connectivity index (χ0v) is 13.4. The van der Waals surface area contributed by atoms with Crippen LogP contribution in [0.5, 0.6) is 5.75 Å². The van der Waals surface area contributed by atoms with Crippen LogP contribution in [0.2, 0.25) is 0 Å². The lowest BCUT2D eigenvalue weighted by Crippen LogP contribution is -2.38. The summed E-state index contributed by atoms with van der Waals surface area (Å²) < 4.78 is 11.6. The SMILES string of the molecule is CCOc1cccc2cc(C(C)NCC3(O)CCCC3)oc12. The third kappa shape index (κ3) is 3.13. The van der Waals surface area contributed by atoms with Gasteiger partial charge in [0.15, 0.2) is 11.3 Å². The minimum absolute atomic E-state index is 0.0616. The van der Waals surface area contributed by atoms with Gasteiger partial charge in [0.1, 0.15) is 5.76 Å². The molecule has 4 nitrogen and oxygen atoms in total. The van der Waals surface area contributed by atoms with Gasteiger partial charge >= 0.3 is 0 Å². The lowest BCUT2D eigenvalue weighted by atomic mass is 10.0. The summed E-state index contributed by atoms with van der Waals surface area (Å²) in [6.07, 6.45) is 4.02. The van der Waals surface area contributed by atoms with E-state index >= 15 is 0 Å². The van der Waals surface area contributed by atoms with Crippen molar-refractivity contribution in [3.8, 4) is 5.75 Å². The van der Waals surface area contributed by atoms with Crippen LogP contribution in [0.3, 0.4) is 0 Å². The van der Waals surface area contributed by atoms with Gasteiger partial charge in [-0.05, 0) is 38.8 Å². The number of hydrogen-bond donors (Lipinski definition) is 2. The monoisotopic (exact) mass is 303 g/mol. The van der Waals surface area contributed by atoms with Crippen LogP contribution in [0, 0.1) is 0 Å². The molecule has 0 amide bonds. The molecule has 1 atom stereocenters. The van der Waals surface area contributed by atoms with Crippen molar-refractivity contribution in [3.63, 3.8) is 0 Å². The van der Waals surface area contributed by atoms with Gasteiger partial charge in [-0.25, -0.2) is 0 Å². The Kier molecular flexibility index (Phi) is 4.41. The van der Waals surface area contributed by atoms with Crippen molar-refractivity contribution in [2.75, 3.05) is 13.2 Å². The topological polar surface area (TPSA) is 54.6 Å². The van der Waals surface area contributed by atoms with E-state index in [4.69, 9.17) is 9.15 Å². The molecule has 1 saturated carbocycles. The van der Waals surface area contributed by atoms with E-state index in [2.05, 4.69) is 12.2 Å². The van der Waals surface area contributed by atoms with Crippen LogP contribution < -0.4 is 10.1 Å². The van der Waals surface area contributed by atoms with Gasteiger partial charge < -0.3 is 19.6 Å². The first-order chi connectivity index (χ1) is 10.6. The quantitative estimate of drug-likeness (QED) is 0.852. The standard InChI is InChI=1S/C18H25NO3/c1-3-21-15-8-6-7-14-11-16(22-17(14)15)13(2)19-12-18(20)9-4-5-10-18/h6-8,11,13,19-20H,3-5,9-10,12H2,1-2H3. The Hall–Kier alpha value is -1.52. The summed E-state index contributed by atoms with van der Waals surface area (Å²) in [4.78, 5) is 0. The Balaban J connectivity index is 1.73. The van der Waals surface area contributed by atoms with Crippen molar-refractivity contribution in [3.05, 3.63) is 30.0 Å². The summed E-state index contributed by atoms with van der Waals surface area (Å²) in [6, 6.07) is 8.05. The first-order valence-electron chi connectivity index (χ1n) is 8.22. The van der Waals surface area contributed by atoms with E-state index in [0.29, 0.717) is 13.2 Å². The smallest absolute Gasteiger partial charge is 0.176 e. The third-order valence-electron chi connectivity index (χ3n) is 4.53. The number of nitrogens with one attached hydrogen (secondary N) is 1. The van der Waals surface area contributed by atoms with Crippen molar-refractivity contribution in [2.24, 2.45) is 0 Å². The van der Waals surface area contributed by atoms with Crippen molar-refractivity contribution < 1.29 is 14.3 Å². The fourth-order valence-electron chi connectivity index (χ4n) is 3.19. The Morgan fingerprint density at radius 3 is 2.86 bits per heavy atom. The highest BCUT2D eigenvalue weighted by atomic mass is 16.5. The Morgan fingerprint density at radius 2 is 2.14 bits per heavy atom. The minimum Gasteiger partial charge on any atom is -0.490 e. The molecule has 1 heterocycles. The van der Waals surface area contributed by atoms with Gasteiger partial charge in [0.05, 0.1) is 18.2 Å². The predicted molar refractivity (Wildman–Crippen MR) is 87.2 cm³/mol. The highest BCUT2D eigenvalue weighted by Gasteiger charge is 2.31. The molecule has 0 aliphatic heterocycles. The molecule has 1 aromatic carbocycles.